The van der Waals surface area contributed by atoms with Gasteiger partial charge < -0.3 is 15.0 Å². The minimum absolute atomic E-state index is 0.00752. The summed E-state index contributed by atoms with van der Waals surface area (Å²) in [5.41, 5.74) is -0.855. The van der Waals surface area contributed by atoms with Gasteiger partial charge in [-0.05, 0) is 12.0 Å². The van der Waals surface area contributed by atoms with Crippen molar-refractivity contribution in [3.05, 3.63) is 54.1 Å². The molecule has 2 unspecified atom stereocenters. The van der Waals surface area contributed by atoms with E-state index in [2.05, 4.69) is 10.3 Å². The third kappa shape index (κ3) is 3.42. The molecule has 0 aliphatic heterocycles. The standard InChI is InChI=1S/C17H16F3N3O3/c18-17(19,20)10-23-7-6-21-13(23)9-22-14(24)16(15(25)26)8-12(16)11-4-2-1-3-5-11/h1-7,12H,8-10H2,(H,22,24)(H,25,26). The molecular formula is C17H16F3N3O3. The Bertz CT molecular complexity index is 819. The van der Waals surface area contributed by atoms with Gasteiger partial charge in [-0.2, -0.15) is 13.2 Å². The molecule has 1 fully saturated rings. The van der Waals surface area contributed by atoms with Crippen molar-refractivity contribution in [2.45, 2.75) is 31.6 Å². The minimum atomic E-state index is -4.42. The summed E-state index contributed by atoms with van der Waals surface area (Å²) in [6, 6.07) is 8.80. The maximum Gasteiger partial charge on any atom is 0.406 e. The van der Waals surface area contributed by atoms with Crippen molar-refractivity contribution < 1.29 is 27.9 Å². The third-order valence-corrected chi connectivity index (χ3v) is 4.51. The molecule has 2 N–H and O–H groups in total. The van der Waals surface area contributed by atoms with Crippen LogP contribution in [0.15, 0.2) is 42.7 Å². The molecule has 1 amide bonds. The lowest BCUT2D eigenvalue weighted by atomic mass is 9.98. The topological polar surface area (TPSA) is 84.2 Å². The number of aliphatic carboxylic acids is 1. The fourth-order valence-corrected chi connectivity index (χ4v) is 3.10. The summed E-state index contributed by atoms with van der Waals surface area (Å²) < 4.78 is 38.5. The van der Waals surface area contributed by atoms with Gasteiger partial charge in [0.2, 0.25) is 5.91 Å². The highest BCUT2D eigenvalue weighted by Crippen LogP contribution is 2.59. The van der Waals surface area contributed by atoms with Gasteiger partial charge in [-0.15, -0.1) is 0 Å². The SMILES string of the molecule is O=C(O)C1(C(=O)NCc2nccn2CC(F)(F)F)CC1c1ccccc1. The van der Waals surface area contributed by atoms with Crippen LogP contribution in [0.3, 0.4) is 0 Å². The Morgan fingerprint density at radius 1 is 1.31 bits per heavy atom. The number of aromatic nitrogens is 2. The van der Waals surface area contributed by atoms with Crippen molar-refractivity contribution in [1.82, 2.24) is 14.9 Å². The molecule has 1 aliphatic carbocycles. The normalized spacial score (nSPS) is 22.0. The molecule has 1 aliphatic rings. The molecule has 0 saturated heterocycles. The maximum absolute atomic E-state index is 12.5. The van der Waals surface area contributed by atoms with Crippen molar-refractivity contribution in [2.75, 3.05) is 0 Å². The van der Waals surface area contributed by atoms with Crippen LogP contribution in [0.4, 0.5) is 13.2 Å². The summed E-state index contributed by atoms with van der Waals surface area (Å²) in [5.74, 6) is -2.42. The molecule has 0 bridgehead atoms. The largest absolute Gasteiger partial charge is 0.480 e. The van der Waals surface area contributed by atoms with E-state index in [-0.39, 0.29) is 18.8 Å². The van der Waals surface area contributed by atoms with E-state index in [1.54, 1.807) is 30.3 Å². The first-order chi connectivity index (χ1) is 12.2. The third-order valence-electron chi connectivity index (χ3n) is 4.51. The summed E-state index contributed by atoms with van der Waals surface area (Å²) in [7, 11) is 0. The highest BCUT2D eigenvalue weighted by molar-refractivity contribution is 6.06. The van der Waals surface area contributed by atoms with Crippen molar-refractivity contribution in [1.29, 1.82) is 0 Å². The Morgan fingerprint density at radius 3 is 2.62 bits per heavy atom. The molecule has 0 spiro atoms. The number of benzene rings is 1. The summed E-state index contributed by atoms with van der Waals surface area (Å²) in [6.07, 6.45) is -1.91. The van der Waals surface area contributed by atoms with Crippen LogP contribution in [0.5, 0.6) is 0 Å². The Hall–Kier alpha value is -2.84. The Labute approximate surface area is 146 Å². The quantitative estimate of drug-likeness (QED) is 0.768. The summed E-state index contributed by atoms with van der Waals surface area (Å²) in [6.45, 7) is -1.51. The van der Waals surface area contributed by atoms with E-state index >= 15 is 0 Å². The number of hydrogen-bond donors (Lipinski definition) is 2. The van der Waals surface area contributed by atoms with Gasteiger partial charge in [-0.25, -0.2) is 4.98 Å². The second-order valence-corrected chi connectivity index (χ2v) is 6.21. The van der Waals surface area contributed by atoms with Gasteiger partial charge in [0.05, 0.1) is 6.54 Å². The first kappa shape index (κ1) is 18.0. The Balaban J connectivity index is 1.70. The minimum Gasteiger partial charge on any atom is -0.480 e. The number of amides is 1. The lowest BCUT2D eigenvalue weighted by Crippen LogP contribution is -2.38. The first-order valence-electron chi connectivity index (χ1n) is 7.87. The number of halogens is 3. The molecule has 2 aromatic rings. The molecular weight excluding hydrogens is 351 g/mol. The highest BCUT2D eigenvalue weighted by Gasteiger charge is 2.66. The van der Waals surface area contributed by atoms with Gasteiger partial charge in [-0.1, -0.05) is 30.3 Å². The number of alkyl halides is 3. The van der Waals surface area contributed by atoms with Gasteiger partial charge in [0.1, 0.15) is 12.4 Å². The summed E-state index contributed by atoms with van der Waals surface area (Å²) >= 11 is 0. The van der Waals surface area contributed by atoms with E-state index in [1.807, 2.05) is 0 Å². The van der Waals surface area contributed by atoms with Gasteiger partial charge >= 0.3 is 12.1 Å². The van der Waals surface area contributed by atoms with Crippen molar-refractivity contribution in [2.24, 2.45) is 5.41 Å². The molecule has 26 heavy (non-hydrogen) atoms. The number of carbonyl (C=O) groups is 2. The average Bonchev–Trinajstić information content (AvgIpc) is 3.21. The molecule has 6 nitrogen and oxygen atoms in total. The van der Waals surface area contributed by atoms with Crippen LogP contribution in [0, 0.1) is 5.41 Å². The number of nitrogens with one attached hydrogen (secondary N) is 1. The number of imidazole rings is 1. The molecule has 1 saturated carbocycles. The molecule has 1 aromatic heterocycles. The first-order valence-corrected chi connectivity index (χ1v) is 7.87. The molecule has 9 heteroatoms. The number of carbonyl (C=O) groups excluding carboxylic acids is 1. The van der Waals surface area contributed by atoms with E-state index in [9.17, 15) is 27.9 Å². The number of nitrogens with zero attached hydrogens (tertiary/aromatic N) is 2. The van der Waals surface area contributed by atoms with Crippen LogP contribution in [0.1, 0.15) is 23.7 Å². The van der Waals surface area contributed by atoms with Crippen molar-refractivity contribution in [3.8, 4) is 0 Å². The lowest BCUT2D eigenvalue weighted by Gasteiger charge is -2.14. The molecule has 1 aromatic carbocycles. The van der Waals surface area contributed by atoms with Crippen LogP contribution >= 0.6 is 0 Å². The summed E-state index contributed by atoms with van der Waals surface area (Å²) in [4.78, 5) is 28.0. The molecule has 0 radical (unpaired) electrons. The molecule has 1 heterocycles. The van der Waals surface area contributed by atoms with E-state index in [4.69, 9.17) is 0 Å². The number of rotatable bonds is 6. The Kier molecular flexibility index (Phi) is 4.47. The lowest BCUT2D eigenvalue weighted by molar-refractivity contribution is -0.149. The van der Waals surface area contributed by atoms with Gasteiger partial charge in [0.15, 0.2) is 5.41 Å². The predicted molar refractivity (Wildman–Crippen MR) is 84.0 cm³/mol. The molecule has 3 rings (SSSR count). The predicted octanol–water partition coefficient (Wildman–Crippen LogP) is 2.32. The van der Waals surface area contributed by atoms with Crippen LogP contribution in [-0.4, -0.2) is 32.7 Å². The highest BCUT2D eigenvalue weighted by atomic mass is 19.4. The molecule has 138 valence electrons. The van der Waals surface area contributed by atoms with E-state index in [1.165, 1.54) is 6.20 Å². The monoisotopic (exact) mass is 367 g/mol. The number of carboxylic acids is 1. The van der Waals surface area contributed by atoms with Crippen LogP contribution < -0.4 is 5.32 Å². The van der Waals surface area contributed by atoms with Gasteiger partial charge in [0, 0.05) is 18.3 Å². The van der Waals surface area contributed by atoms with Crippen LogP contribution in [0.2, 0.25) is 0 Å². The van der Waals surface area contributed by atoms with Crippen LogP contribution in [0.25, 0.3) is 0 Å². The van der Waals surface area contributed by atoms with Gasteiger partial charge in [-0.3, -0.25) is 9.59 Å². The number of carboxylic acid groups (broad SMARTS) is 1. The zero-order chi connectivity index (χ0) is 18.9. The fourth-order valence-electron chi connectivity index (χ4n) is 3.10. The fraction of sp³-hybridized carbons (Fsp3) is 0.353. The zero-order valence-electron chi connectivity index (χ0n) is 13.5. The molecule has 2 atom stereocenters. The second-order valence-electron chi connectivity index (χ2n) is 6.21. The summed E-state index contributed by atoms with van der Waals surface area (Å²) in [5, 5.41) is 12.0. The average molecular weight is 367 g/mol. The Morgan fingerprint density at radius 2 is 2.00 bits per heavy atom. The van der Waals surface area contributed by atoms with Crippen LogP contribution in [-0.2, 0) is 22.7 Å². The van der Waals surface area contributed by atoms with Crippen molar-refractivity contribution in [3.63, 3.8) is 0 Å². The maximum atomic E-state index is 12.5. The number of hydrogen-bond acceptors (Lipinski definition) is 3. The van der Waals surface area contributed by atoms with Crippen molar-refractivity contribution >= 4 is 11.9 Å². The smallest absolute Gasteiger partial charge is 0.406 e. The van der Waals surface area contributed by atoms with E-state index in [0.717, 1.165) is 16.3 Å². The zero-order valence-corrected chi connectivity index (χ0v) is 13.5. The van der Waals surface area contributed by atoms with E-state index < -0.39 is 35.9 Å². The second kappa shape index (κ2) is 6.47. The van der Waals surface area contributed by atoms with E-state index in [0.29, 0.717) is 0 Å². The van der Waals surface area contributed by atoms with Gasteiger partial charge in [0.25, 0.3) is 0 Å².